The monoisotopic (exact) mass is 449 g/mol. The smallest absolute Gasteiger partial charge is 0.180 e. The number of benzene rings is 2. The summed E-state index contributed by atoms with van der Waals surface area (Å²) in [5.41, 5.74) is 6.90. The molecule has 6 N–H and O–H groups in total. The van der Waals surface area contributed by atoms with Crippen LogP contribution in [-0.4, -0.2) is 25.8 Å². The second-order valence-electron chi connectivity index (χ2n) is 7.52. The highest BCUT2D eigenvalue weighted by Gasteiger charge is 2.46. The zero-order valence-electron chi connectivity index (χ0n) is 16.5. The quantitative estimate of drug-likeness (QED) is 0.412. The lowest BCUT2D eigenvalue weighted by atomic mass is 9.67. The van der Waals surface area contributed by atoms with Gasteiger partial charge in [0.25, 0.3) is 0 Å². The molecule has 9 heteroatoms. The van der Waals surface area contributed by atoms with Crippen molar-refractivity contribution in [2.24, 2.45) is 4.40 Å². The number of halogens is 1. The first-order chi connectivity index (χ1) is 13.7. The van der Waals surface area contributed by atoms with Crippen LogP contribution < -0.4 is 11.1 Å². The van der Waals surface area contributed by atoms with Crippen LogP contribution in [0.1, 0.15) is 37.8 Å². The van der Waals surface area contributed by atoms with Crippen molar-refractivity contribution in [3.05, 3.63) is 59.2 Å². The molecule has 0 spiro atoms. The number of nitrogens with zero attached hydrogens (tertiary/aromatic N) is 1. The fraction of sp³-hybridized carbons (Fsp3) is 0.238. The van der Waals surface area contributed by atoms with Crippen LogP contribution in [0, 0.1) is 0 Å². The number of aliphatic hydroxyl groups is 1. The highest BCUT2D eigenvalue weighted by Crippen LogP contribution is 2.56. The van der Waals surface area contributed by atoms with Crippen LogP contribution in [0.2, 0.25) is 0 Å². The number of anilines is 2. The third-order valence-corrected chi connectivity index (χ3v) is 6.87. The van der Waals surface area contributed by atoms with Gasteiger partial charge in [-0.25, -0.2) is 0 Å². The molecule has 0 fully saturated rings. The van der Waals surface area contributed by atoms with E-state index in [9.17, 15) is 19.0 Å². The number of nitrogen functional groups attached to an aromatic ring is 1. The van der Waals surface area contributed by atoms with Gasteiger partial charge in [-0.15, -0.1) is 16.8 Å². The van der Waals surface area contributed by atoms with E-state index in [1.54, 1.807) is 24.3 Å². The number of ketones is 1. The minimum absolute atomic E-state index is 0. The molecule has 1 atom stereocenters. The van der Waals surface area contributed by atoms with Gasteiger partial charge in [-0.3, -0.25) is 13.9 Å². The number of rotatable bonds is 3. The lowest BCUT2D eigenvalue weighted by molar-refractivity contribution is -0.120. The number of hydrogen-bond donors (Lipinski definition) is 5. The predicted octanol–water partition coefficient (Wildman–Crippen LogP) is 5.15. The number of fused-ring (bicyclic) bond motifs is 2. The number of nitrogens with two attached hydrogens (primary N) is 1. The molecular weight excluding hydrogens is 426 g/mol. The Balaban J connectivity index is 0.00000256. The topological polar surface area (TPSA) is 128 Å². The van der Waals surface area contributed by atoms with Gasteiger partial charge in [0.15, 0.2) is 11.6 Å². The van der Waals surface area contributed by atoms with Gasteiger partial charge in [0.2, 0.25) is 0 Å². The Hall–Kier alpha value is -2.52. The van der Waals surface area contributed by atoms with Crippen LogP contribution in [0.15, 0.2) is 57.3 Å². The fourth-order valence-electron chi connectivity index (χ4n) is 4.08. The van der Waals surface area contributed by atoms with Gasteiger partial charge in [0.05, 0.1) is 11.1 Å². The maximum Gasteiger partial charge on any atom is 0.180 e. The van der Waals surface area contributed by atoms with Crippen LogP contribution in [0.25, 0.3) is 5.76 Å². The van der Waals surface area contributed by atoms with Gasteiger partial charge in [-0.05, 0) is 37.1 Å². The summed E-state index contributed by atoms with van der Waals surface area (Å²) in [6.07, 6.45) is 1.35. The van der Waals surface area contributed by atoms with Gasteiger partial charge in [-0.1, -0.05) is 48.4 Å². The van der Waals surface area contributed by atoms with E-state index in [1.807, 2.05) is 26.0 Å². The lowest BCUT2D eigenvalue weighted by Gasteiger charge is -2.38. The molecule has 0 radical (unpaired) electrons. The molecule has 1 unspecified atom stereocenters. The van der Waals surface area contributed by atoms with Crippen LogP contribution in [0.5, 0.6) is 0 Å². The minimum Gasteiger partial charge on any atom is -0.506 e. The molecule has 0 saturated heterocycles. The van der Waals surface area contributed by atoms with Crippen molar-refractivity contribution in [2.45, 2.75) is 37.0 Å². The van der Waals surface area contributed by atoms with Gasteiger partial charge >= 0.3 is 0 Å². The van der Waals surface area contributed by atoms with Crippen molar-refractivity contribution in [1.82, 2.24) is 0 Å². The Kier molecular flexibility index (Phi) is 5.64. The molecule has 30 heavy (non-hydrogen) atoms. The first kappa shape index (κ1) is 22.2. The van der Waals surface area contributed by atoms with Crippen molar-refractivity contribution in [3.63, 3.8) is 0 Å². The Labute approximate surface area is 182 Å². The Morgan fingerprint density at radius 2 is 1.90 bits per heavy atom. The largest absolute Gasteiger partial charge is 0.506 e. The maximum absolute atomic E-state index is 13.6. The molecular formula is C21H24ClN3O4S. The van der Waals surface area contributed by atoms with E-state index in [-0.39, 0.29) is 40.3 Å². The molecule has 160 valence electrons. The number of carbonyl (C=O) groups excluding carboxylic acids is 1. The maximum atomic E-state index is 13.6. The molecule has 1 aliphatic heterocycles. The SMILES string of the molecule is CCCC1(C)C(=O)C(C2=NS(O)(O)c3cc(N)ccc3N2)=C(O)c2ccccc21.Cl. The average molecular weight is 450 g/mol. The first-order valence-electron chi connectivity index (χ1n) is 9.32. The van der Waals surface area contributed by atoms with E-state index in [4.69, 9.17) is 5.73 Å². The Bertz CT molecular complexity index is 1100. The third-order valence-electron chi connectivity index (χ3n) is 5.50. The van der Waals surface area contributed by atoms with E-state index >= 15 is 0 Å². The van der Waals surface area contributed by atoms with E-state index in [1.165, 1.54) is 6.07 Å². The standard InChI is InChI=1S/C21H23N3O4S.ClH/c1-3-10-21(2)14-7-5-4-6-13(14)18(25)17(19(21)26)20-23-15-9-8-12(22)11-16(15)29(27,28)24-20;/h4-9,11,25,27-28H,3,10,22H2,1-2H3,(H,23,24);1H. The zero-order chi connectivity index (χ0) is 21.0. The summed E-state index contributed by atoms with van der Waals surface area (Å²) in [6, 6.07) is 11.9. The molecule has 1 heterocycles. The molecule has 7 nitrogen and oxygen atoms in total. The van der Waals surface area contributed by atoms with Crippen LogP contribution >= 0.6 is 23.2 Å². The summed E-state index contributed by atoms with van der Waals surface area (Å²) in [5.74, 6) is -0.586. The number of hydrogen-bond acceptors (Lipinski definition) is 7. The summed E-state index contributed by atoms with van der Waals surface area (Å²) in [5, 5.41) is 13.9. The second-order valence-corrected chi connectivity index (χ2v) is 9.18. The fourth-order valence-corrected chi connectivity index (χ4v) is 5.28. The van der Waals surface area contributed by atoms with Crippen molar-refractivity contribution >= 4 is 51.9 Å². The van der Waals surface area contributed by atoms with Gasteiger partial charge in [-0.2, -0.15) is 0 Å². The predicted molar refractivity (Wildman–Crippen MR) is 124 cm³/mol. The molecule has 1 aliphatic carbocycles. The molecule has 0 bridgehead atoms. The molecule has 4 rings (SSSR count). The summed E-state index contributed by atoms with van der Waals surface area (Å²) in [7, 11) is -3.59. The number of carbonyl (C=O) groups is 1. The van der Waals surface area contributed by atoms with Crippen LogP contribution in [-0.2, 0) is 10.2 Å². The third kappa shape index (κ3) is 3.26. The number of aliphatic hydroxyl groups excluding tert-OH is 1. The van der Waals surface area contributed by atoms with Crippen molar-refractivity contribution in [1.29, 1.82) is 0 Å². The molecule has 2 aromatic rings. The van der Waals surface area contributed by atoms with Gasteiger partial charge in [0.1, 0.15) is 16.2 Å². The Morgan fingerprint density at radius 3 is 2.60 bits per heavy atom. The molecule has 0 saturated carbocycles. The first-order valence-corrected chi connectivity index (χ1v) is 10.8. The second kappa shape index (κ2) is 7.63. The van der Waals surface area contributed by atoms with E-state index < -0.39 is 16.2 Å². The average Bonchev–Trinajstić information content (AvgIpc) is 2.67. The number of Topliss-reactive ketones (excluding diaryl/α,β-unsaturated/α-hetero) is 1. The highest BCUT2D eigenvalue weighted by molar-refractivity contribution is 8.23. The molecule has 0 aromatic heterocycles. The van der Waals surface area contributed by atoms with Crippen LogP contribution in [0.3, 0.4) is 0 Å². The van der Waals surface area contributed by atoms with Crippen molar-refractivity contribution in [2.75, 3.05) is 11.1 Å². The van der Waals surface area contributed by atoms with Crippen LogP contribution in [0.4, 0.5) is 11.4 Å². The summed E-state index contributed by atoms with van der Waals surface area (Å²) in [6.45, 7) is 3.84. The minimum atomic E-state index is -3.59. The van der Waals surface area contributed by atoms with Gasteiger partial charge < -0.3 is 16.2 Å². The molecule has 2 aliphatic rings. The molecule has 2 aromatic carbocycles. The van der Waals surface area contributed by atoms with E-state index in [2.05, 4.69) is 9.71 Å². The summed E-state index contributed by atoms with van der Waals surface area (Å²) in [4.78, 5) is 13.7. The van der Waals surface area contributed by atoms with Gasteiger partial charge in [0, 0.05) is 11.3 Å². The Morgan fingerprint density at radius 1 is 1.20 bits per heavy atom. The summed E-state index contributed by atoms with van der Waals surface area (Å²) < 4.78 is 25.2. The molecule has 0 amide bonds. The normalized spacial score (nSPS) is 22.8. The summed E-state index contributed by atoms with van der Waals surface area (Å²) >= 11 is 0. The van der Waals surface area contributed by atoms with Crippen molar-refractivity contribution < 1.29 is 19.0 Å². The number of amidine groups is 1. The van der Waals surface area contributed by atoms with E-state index in [0.717, 1.165) is 12.0 Å². The van der Waals surface area contributed by atoms with Crippen molar-refractivity contribution in [3.8, 4) is 0 Å². The number of nitrogens with one attached hydrogen (secondary N) is 1. The zero-order valence-corrected chi connectivity index (χ0v) is 18.2. The highest BCUT2D eigenvalue weighted by atomic mass is 35.5. The van der Waals surface area contributed by atoms with E-state index in [0.29, 0.717) is 23.4 Å². The lowest BCUT2D eigenvalue weighted by Crippen LogP contribution is -2.42.